The number of aryl methyl sites for hydroxylation is 2. The molecule has 0 atom stereocenters. The maximum atomic E-state index is 4.44. The van der Waals surface area contributed by atoms with Crippen molar-refractivity contribution in [2.75, 3.05) is 0 Å². The van der Waals surface area contributed by atoms with Gasteiger partial charge in [-0.2, -0.15) is 0 Å². The molecule has 0 fully saturated rings. The normalized spacial score (nSPS) is 10.8. The van der Waals surface area contributed by atoms with Crippen LogP contribution in [0.2, 0.25) is 0 Å². The molecule has 0 saturated heterocycles. The molecule has 2 heterocycles. The number of hydrogen-bond donors (Lipinski definition) is 0. The van der Waals surface area contributed by atoms with Gasteiger partial charge in [-0.15, -0.1) is 5.10 Å². The van der Waals surface area contributed by atoms with E-state index in [1.807, 2.05) is 20.0 Å². The Morgan fingerprint density at radius 1 is 1.31 bits per heavy atom. The van der Waals surface area contributed by atoms with E-state index < -0.39 is 0 Å². The molecule has 0 radical (unpaired) electrons. The Kier molecular flexibility index (Phi) is 3.34. The molecule has 0 saturated carbocycles. The molecule has 16 heavy (non-hydrogen) atoms. The van der Waals surface area contributed by atoms with Crippen LogP contribution in [0.25, 0.3) is 11.4 Å². The molecule has 7 heteroatoms. The molecule has 5 nitrogen and oxygen atoms in total. The van der Waals surface area contributed by atoms with E-state index in [2.05, 4.69) is 52.1 Å². The van der Waals surface area contributed by atoms with Crippen LogP contribution in [0.4, 0.5) is 0 Å². The highest BCUT2D eigenvalue weighted by Crippen LogP contribution is 2.25. The lowest BCUT2D eigenvalue weighted by molar-refractivity contribution is 0.717. The van der Waals surface area contributed by atoms with Gasteiger partial charge in [0.1, 0.15) is 16.1 Å². The quantitative estimate of drug-likeness (QED) is 0.783. The number of nitrogens with zero attached hydrogens (tertiary/aromatic N) is 5. The molecule has 2 aromatic heterocycles. The van der Waals surface area contributed by atoms with Crippen LogP contribution in [-0.4, -0.2) is 25.0 Å². The van der Waals surface area contributed by atoms with Crippen LogP contribution in [0, 0.1) is 0 Å². The Morgan fingerprint density at radius 3 is 2.62 bits per heavy atom. The summed E-state index contributed by atoms with van der Waals surface area (Å²) in [6, 6.07) is 1.85. The monoisotopic (exact) mass is 345 g/mol. The molecule has 0 bridgehead atoms. The summed E-state index contributed by atoms with van der Waals surface area (Å²) in [5.74, 6) is 0.789. The van der Waals surface area contributed by atoms with E-state index in [0.717, 1.165) is 28.2 Å². The first-order chi connectivity index (χ1) is 7.61. The van der Waals surface area contributed by atoms with E-state index in [-0.39, 0.29) is 0 Å². The van der Waals surface area contributed by atoms with Crippen molar-refractivity contribution in [3.05, 3.63) is 21.1 Å². The number of hydrogen-bond acceptors (Lipinski definition) is 4. The lowest BCUT2D eigenvalue weighted by Gasteiger charge is -2.04. The Balaban J connectivity index is 2.60. The van der Waals surface area contributed by atoms with Crippen LogP contribution in [0.1, 0.15) is 12.7 Å². The van der Waals surface area contributed by atoms with E-state index in [1.54, 1.807) is 4.68 Å². The molecule has 0 aliphatic heterocycles. The van der Waals surface area contributed by atoms with Crippen molar-refractivity contribution in [1.29, 1.82) is 0 Å². The standard InChI is InChI=1S/C9H9Br2N5/c1-3-7-12-5(4-6(10)13-7)8-9(11)14-15-16(8)2/h4H,3H2,1-2H3. The van der Waals surface area contributed by atoms with Crippen LogP contribution in [-0.2, 0) is 13.5 Å². The molecule has 0 N–H and O–H groups in total. The van der Waals surface area contributed by atoms with Crippen molar-refractivity contribution in [1.82, 2.24) is 25.0 Å². The minimum absolute atomic E-state index is 0.683. The van der Waals surface area contributed by atoms with Crippen LogP contribution in [0.5, 0.6) is 0 Å². The van der Waals surface area contributed by atoms with Crippen molar-refractivity contribution >= 4 is 31.9 Å². The Labute approximate surface area is 110 Å². The first-order valence-corrected chi connectivity index (χ1v) is 6.29. The van der Waals surface area contributed by atoms with Crippen molar-refractivity contribution in [2.45, 2.75) is 13.3 Å². The fourth-order valence-corrected chi connectivity index (χ4v) is 2.30. The van der Waals surface area contributed by atoms with E-state index in [4.69, 9.17) is 0 Å². The van der Waals surface area contributed by atoms with E-state index >= 15 is 0 Å². The first kappa shape index (κ1) is 11.7. The summed E-state index contributed by atoms with van der Waals surface area (Å²) in [6.07, 6.45) is 0.787. The zero-order valence-electron chi connectivity index (χ0n) is 8.78. The van der Waals surface area contributed by atoms with Gasteiger partial charge in [-0.25, -0.2) is 14.6 Å². The van der Waals surface area contributed by atoms with Crippen LogP contribution in [0.15, 0.2) is 15.3 Å². The fraction of sp³-hybridized carbons (Fsp3) is 0.333. The number of halogens is 2. The summed E-state index contributed by atoms with van der Waals surface area (Å²) in [6.45, 7) is 2.02. The molecule has 0 amide bonds. The van der Waals surface area contributed by atoms with Crippen molar-refractivity contribution in [2.24, 2.45) is 7.05 Å². The molecule has 0 spiro atoms. The highest BCUT2D eigenvalue weighted by Gasteiger charge is 2.13. The summed E-state index contributed by atoms with van der Waals surface area (Å²) in [5.41, 5.74) is 1.65. The highest BCUT2D eigenvalue weighted by molar-refractivity contribution is 9.10. The largest absolute Gasteiger partial charge is 0.245 e. The minimum Gasteiger partial charge on any atom is -0.245 e. The maximum Gasteiger partial charge on any atom is 0.157 e. The van der Waals surface area contributed by atoms with E-state index in [0.29, 0.717) is 4.60 Å². The lowest BCUT2D eigenvalue weighted by Crippen LogP contribution is -2.00. The Bertz CT molecular complexity index is 503. The highest BCUT2D eigenvalue weighted by atomic mass is 79.9. The minimum atomic E-state index is 0.683. The van der Waals surface area contributed by atoms with Gasteiger partial charge < -0.3 is 0 Å². The third-order valence-corrected chi connectivity index (χ3v) is 3.03. The Hall–Kier alpha value is -0.820. The summed E-state index contributed by atoms with van der Waals surface area (Å²) < 4.78 is 3.13. The molecule has 2 rings (SSSR count). The topological polar surface area (TPSA) is 56.5 Å². The van der Waals surface area contributed by atoms with Gasteiger partial charge >= 0.3 is 0 Å². The van der Waals surface area contributed by atoms with Gasteiger partial charge in [0, 0.05) is 13.5 Å². The van der Waals surface area contributed by atoms with Crippen molar-refractivity contribution in [3.63, 3.8) is 0 Å². The zero-order valence-corrected chi connectivity index (χ0v) is 11.9. The summed E-state index contributed by atoms with van der Waals surface area (Å²) in [4.78, 5) is 8.71. The van der Waals surface area contributed by atoms with Gasteiger partial charge in [0.2, 0.25) is 0 Å². The van der Waals surface area contributed by atoms with Gasteiger partial charge in [-0.3, -0.25) is 0 Å². The Morgan fingerprint density at radius 2 is 2.06 bits per heavy atom. The predicted octanol–water partition coefficient (Wildman–Crippen LogP) is 2.36. The predicted molar refractivity (Wildman–Crippen MR) is 66.8 cm³/mol. The third-order valence-electron chi connectivity index (χ3n) is 2.09. The van der Waals surface area contributed by atoms with E-state index in [1.165, 1.54) is 0 Å². The molecule has 0 aliphatic rings. The second-order valence-corrected chi connectivity index (χ2v) is 4.76. The van der Waals surface area contributed by atoms with Crippen LogP contribution >= 0.6 is 31.9 Å². The molecule has 84 valence electrons. The van der Waals surface area contributed by atoms with Gasteiger partial charge in [0.15, 0.2) is 4.60 Å². The van der Waals surface area contributed by atoms with Crippen LogP contribution < -0.4 is 0 Å². The first-order valence-electron chi connectivity index (χ1n) is 4.70. The number of aromatic nitrogens is 5. The summed E-state index contributed by atoms with van der Waals surface area (Å²) >= 11 is 6.73. The molecule has 0 aliphatic carbocycles. The summed E-state index contributed by atoms with van der Waals surface area (Å²) in [7, 11) is 1.83. The summed E-state index contributed by atoms with van der Waals surface area (Å²) in [5, 5.41) is 7.85. The van der Waals surface area contributed by atoms with E-state index in [9.17, 15) is 0 Å². The molecular formula is C9H9Br2N5. The number of rotatable bonds is 2. The smallest absolute Gasteiger partial charge is 0.157 e. The van der Waals surface area contributed by atoms with Gasteiger partial charge in [0.05, 0.1) is 5.69 Å². The van der Waals surface area contributed by atoms with Gasteiger partial charge in [-0.05, 0) is 37.9 Å². The maximum absolute atomic E-state index is 4.44. The average molecular weight is 347 g/mol. The second kappa shape index (κ2) is 4.58. The molecule has 0 unspecified atom stereocenters. The van der Waals surface area contributed by atoms with Gasteiger partial charge in [0.25, 0.3) is 0 Å². The molecule has 0 aromatic carbocycles. The third kappa shape index (κ3) is 2.15. The second-order valence-electron chi connectivity index (χ2n) is 3.20. The SMILES string of the molecule is CCc1nc(Br)cc(-c2c(Br)nnn2C)n1. The van der Waals surface area contributed by atoms with Crippen molar-refractivity contribution < 1.29 is 0 Å². The fourth-order valence-electron chi connectivity index (χ4n) is 1.35. The molecular weight excluding hydrogens is 338 g/mol. The lowest BCUT2D eigenvalue weighted by atomic mass is 10.3. The van der Waals surface area contributed by atoms with Crippen LogP contribution in [0.3, 0.4) is 0 Å². The zero-order chi connectivity index (χ0) is 11.7. The average Bonchev–Trinajstić information content (AvgIpc) is 2.57. The van der Waals surface area contributed by atoms with Crippen molar-refractivity contribution in [3.8, 4) is 11.4 Å². The van der Waals surface area contributed by atoms with Gasteiger partial charge in [-0.1, -0.05) is 12.1 Å². The molecule has 2 aromatic rings.